The van der Waals surface area contributed by atoms with Crippen LogP contribution in [0.4, 0.5) is 18.9 Å². The molecule has 1 fully saturated rings. The summed E-state index contributed by atoms with van der Waals surface area (Å²) in [6.07, 6.45) is -2.36. The molecule has 1 aliphatic heterocycles. The van der Waals surface area contributed by atoms with Gasteiger partial charge in [0.15, 0.2) is 6.61 Å². The summed E-state index contributed by atoms with van der Waals surface area (Å²) in [6.45, 7) is 5.68. The topological polar surface area (TPSA) is 61.9 Å². The van der Waals surface area contributed by atoms with Crippen molar-refractivity contribution in [3.63, 3.8) is 0 Å². The van der Waals surface area contributed by atoms with Crippen LogP contribution in [0.3, 0.4) is 0 Å². The fraction of sp³-hybridized carbons (Fsp3) is 0.462. The lowest BCUT2D eigenvalue weighted by Gasteiger charge is -2.36. The average molecular weight is 492 g/mol. The van der Waals surface area contributed by atoms with E-state index in [1.165, 1.54) is 12.1 Å². The van der Waals surface area contributed by atoms with E-state index >= 15 is 0 Å². The Bertz CT molecular complexity index is 972. The molecule has 0 spiro atoms. The molecule has 1 N–H and O–H groups in total. The lowest BCUT2D eigenvalue weighted by Crippen LogP contribution is -2.47. The number of amides is 1. The number of nitrogens with one attached hydrogen (secondary N) is 1. The molecule has 2 aromatic carbocycles. The van der Waals surface area contributed by atoms with Gasteiger partial charge in [-0.05, 0) is 62.2 Å². The maximum atomic E-state index is 13.0. The van der Waals surface area contributed by atoms with Crippen LogP contribution in [0, 0.1) is 0 Å². The number of hydrogen-bond donors (Lipinski definition) is 1. The summed E-state index contributed by atoms with van der Waals surface area (Å²) < 4.78 is 44.4. The van der Waals surface area contributed by atoms with Gasteiger partial charge in [0, 0.05) is 44.8 Å². The van der Waals surface area contributed by atoms with Crippen molar-refractivity contribution in [3.8, 4) is 5.75 Å². The number of ketones is 1. The zero-order valence-corrected chi connectivity index (χ0v) is 19.9. The van der Waals surface area contributed by atoms with Crippen molar-refractivity contribution in [3.05, 3.63) is 59.7 Å². The van der Waals surface area contributed by atoms with Crippen molar-refractivity contribution in [1.29, 1.82) is 0 Å². The van der Waals surface area contributed by atoms with Crippen LogP contribution in [-0.2, 0) is 22.2 Å². The molecular formula is C26H32F3N3O3. The minimum atomic E-state index is -4.34. The summed E-state index contributed by atoms with van der Waals surface area (Å²) in [7, 11) is 0. The Morgan fingerprint density at radius 3 is 2.40 bits per heavy atom. The molecule has 3 rings (SSSR count). The Labute approximate surface area is 204 Å². The number of carbonyl (C=O) groups excluding carboxylic acids is 2. The molecule has 1 saturated heterocycles. The molecule has 6 nitrogen and oxygen atoms in total. The van der Waals surface area contributed by atoms with Gasteiger partial charge < -0.3 is 19.7 Å². The Hall–Kier alpha value is -3.07. The summed E-state index contributed by atoms with van der Waals surface area (Å²) in [5, 5.41) is 2.85. The number of alkyl halides is 3. The molecule has 2 aromatic rings. The summed E-state index contributed by atoms with van der Waals surface area (Å²) >= 11 is 0. The molecule has 1 amide bonds. The fourth-order valence-corrected chi connectivity index (χ4v) is 3.91. The van der Waals surface area contributed by atoms with Gasteiger partial charge >= 0.3 is 6.18 Å². The molecule has 1 aliphatic rings. The molecule has 0 aliphatic carbocycles. The molecule has 1 heterocycles. The van der Waals surface area contributed by atoms with Crippen molar-refractivity contribution >= 4 is 17.4 Å². The molecular weight excluding hydrogens is 459 g/mol. The number of anilines is 1. The van der Waals surface area contributed by atoms with Gasteiger partial charge in [0.1, 0.15) is 11.5 Å². The van der Waals surface area contributed by atoms with Crippen molar-refractivity contribution in [2.75, 3.05) is 50.8 Å². The molecule has 35 heavy (non-hydrogen) atoms. The second-order valence-electron chi connectivity index (χ2n) is 8.71. The summed E-state index contributed by atoms with van der Waals surface area (Å²) in [5.41, 5.74) is 1.02. The zero-order chi connectivity index (χ0) is 25.3. The van der Waals surface area contributed by atoms with Gasteiger partial charge in [-0.25, -0.2) is 0 Å². The standard InChI is InChI=1S/C26H32F3N3O3/c1-20(33)6-7-21-8-10-24(11-9-21)35-19-25(34)30-12-3-13-31-14-16-32(17-15-31)23-5-2-4-22(18-23)26(27,28)29/h2,4-5,8-11,18H,3,6-7,12-17,19H2,1H3,(H,30,34). The van der Waals surface area contributed by atoms with Crippen LogP contribution in [0.2, 0.25) is 0 Å². The van der Waals surface area contributed by atoms with E-state index in [4.69, 9.17) is 4.74 Å². The van der Waals surface area contributed by atoms with Crippen LogP contribution >= 0.6 is 0 Å². The maximum Gasteiger partial charge on any atom is 0.416 e. The van der Waals surface area contributed by atoms with Gasteiger partial charge in [0.25, 0.3) is 5.91 Å². The number of benzene rings is 2. The second-order valence-corrected chi connectivity index (χ2v) is 8.71. The van der Waals surface area contributed by atoms with E-state index in [2.05, 4.69) is 10.2 Å². The number of hydrogen-bond acceptors (Lipinski definition) is 5. The number of piperazine rings is 1. The largest absolute Gasteiger partial charge is 0.484 e. The number of nitrogens with zero attached hydrogens (tertiary/aromatic N) is 2. The summed E-state index contributed by atoms with van der Waals surface area (Å²) in [5.74, 6) is 0.560. The van der Waals surface area contributed by atoms with E-state index in [-0.39, 0.29) is 18.3 Å². The number of carbonyl (C=O) groups is 2. The molecule has 0 bridgehead atoms. The highest BCUT2D eigenvalue weighted by Crippen LogP contribution is 2.31. The molecule has 0 saturated carbocycles. The van der Waals surface area contributed by atoms with Crippen molar-refractivity contribution in [2.24, 2.45) is 0 Å². The first kappa shape index (κ1) is 26.5. The van der Waals surface area contributed by atoms with Crippen molar-refractivity contribution < 1.29 is 27.5 Å². The van der Waals surface area contributed by atoms with Gasteiger partial charge in [-0.15, -0.1) is 0 Å². The monoisotopic (exact) mass is 491 g/mol. The van der Waals surface area contributed by atoms with Crippen LogP contribution in [0.25, 0.3) is 0 Å². The van der Waals surface area contributed by atoms with Crippen LogP contribution in [0.1, 0.15) is 30.9 Å². The second kappa shape index (κ2) is 12.6. The van der Waals surface area contributed by atoms with E-state index in [1.54, 1.807) is 25.1 Å². The molecule has 9 heteroatoms. The van der Waals surface area contributed by atoms with Gasteiger partial charge in [0.05, 0.1) is 5.56 Å². The van der Waals surface area contributed by atoms with Crippen molar-refractivity contribution in [1.82, 2.24) is 10.2 Å². The summed E-state index contributed by atoms with van der Waals surface area (Å²) in [4.78, 5) is 27.3. The Kier molecular flexibility index (Phi) is 9.54. The smallest absolute Gasteiger partial charge is 0.416 e. The minimum Gasteiger partial charge on any atom is -0.484 e. The highest BCUT2D eigenvalue weighted by Gasteiger charge is 2.31. The first-order valence-electron chi connectivity index (χ1n) is 11.8. The third-order valence-corrected chi connectivity index (χ3v) is 5.94. The van der Waals surface area contributed by atoms with Gasteiger partial charge in [-0.2, -0.15) is 13.2 Å². The lowest BCUT2D eigenvalue weighted by molar-refractivity contribution is -0.137. The molecule has 190 valence electrons. The third-order valence-electron chi connectivity index (χ3n) is 5.94. The maximum absolute atomic E-state index is 13.0. The van der Waals surface area contributed by atoms with E-state index in [9.17, 15) is 22.8 Å². The number of halogens is 3. The van der Waals surface area contributed by atoms with Crippen LogP contribution < -0.4 is 15.0 Å². The van der Waals surface area contributed by atoms with Gasteiger partial charge in [-0.1, -0.05) is 18.2 Å². The lowest BCUT2D eigenvalue weighted by atomic mass is 10.1. The Morgan fingerprint density at radius 2 is 1.74 bits per heavy atom. The van der Waals surface area contributed by atoms with E-state index in [1.807, 2.05) is 17.0 Å². The average Bonchev–Trinajstić information content (AvgIpc) is 2.84. The first-order chi connectivity index (χ1) is 16.7. The van der Waals surface area contributed by atoms with Crippen LogP contribution in [0.5, 0.6) is 5.75 Å². The highest BCUT2D eigenvalue weighted by molar-refractivity contribution is 5.77. The van der Waals surface area contributed by atoms with Crippen molar-refractivity contribution in [2.45, 2.75) is 32.4 Å². The third kappa shape index (κ3) is 8.90. The number of rotatable bonds is 11. The SMILES string of the molecule is CC(=O)CCc1ccc(OCC(=O)NCCCN2CCN(c3cccc(C(F)(F)F)c3)CC2)cc1. The first-order valence-corrected chi connectivity index (χ1v) is 11.8. The predicted molar refractivity (Wildman–Crippen MR) is 129 cm³/mol. The van der Waals surface area contributed by atoms with Crippen LogP contribution in [0.15, 0.2) is 48.5 Å². The van der Waals surface area contributed by atoms with E-state index < -0.39 is 11.7 Å². The van der Waals surface area contributed by atoms with Gasteiger partial charge in [0.2, 0.25) is 0 Å². The quantitative estimate of drug-likeness (QED) is 0.483. The van der Waals surface area contributed by atoms with E-state index in [0.717, 1.165) is 37.7 Å². The Morgan fingerprint density at radius 1 is 1.03 bits per heavy atom. The normalized spacial score (nSPS) is 14.6. The Balaban J connectivity index is 1.29. The zero-order valence-electron chi connectivity index (χ0n) is 19.9. The molecule has 0 unspecified atom stereocenters. The number of Topliss-reactive ketones (excluding diaryl/α,β-unsaturated/α-hetero) is 1. The highest BCUT2D eigenvalue weighted by atomic mass is 19.4. The molecule has 0 aromatic heterocycles. The predicted octanol–water partition coefficient (Wildman–Crippen LogP) is 3.93. The minimum absolute atomic E-state index is 0.0670. The van der Waals surface area contributed by atoms with Gasteiger partial charge in [-0.3, -0.25) is 9.69 Å². The fourth-order valence-electron chi connectivity index (χ4n) is 3.91. The molecule has 0 atom stereocenters. The summed E-state index contributed by atoms with van der Waals surface area (Å²) in [6, 6.07) is 12.8. The number of ether oxygens (including phenoxy) is 1. The van der Waals surface area contributed by atoms with Crippen LogP contribution in [-0.4, -0.2) is 62.5 Å². The number of aryl methyl sites for hydroxylation is 1. The van der Waals surface area contributed by atoms with E-state index in [0.29, 0.717) is 43.9 Å². The molecule has 0 radical (unpaired) electrons.